The van der Waals surface area contributed by atoms with Gasteiger partial charge in [-0.25, -0.2) is 9.97 Å². The van der Waals surface area contributed by atoms with Crippen LogP contribution in [0, 0.1) is 11.3 Å². The van der Waals surface area contributed by atoms with Crippen LogP contribution in [0.2, 0.25) is 0 Å². The molecule has 3 rings (SSSR count). The van der Waals surface area contributed by atoms with Crippen LogP contribution in [0.5, 0.6) is 5.88 Å². The smallest absolute Gasteiger partial charge is 0.241 e. The Morgan fingerprint density at radius 3 is 2.88 bits per heavy atom. The second-order valence-electron chi connectivity index (χ2n) is 5.24. The summed E-state index contributed by atoms with van der Waals surface area (Å²) in [7, 11) is 0. The molecule has 0 aliphatic rings. The first kappa shape index (κ1) is 16.2. The van der Waals surface area contributed by atoms with Crippen molar-refractivity contribution < 1.29 is 9.53 Å². The van der Waals surface area contributed by atoms with Gasteiger partial charge in [0.05, 0.1) is 12.5 Å². The fraction of sp³-hybridized carbons (Fsp3) is 0.111. The number of nitrogens with zero attached hydrogens (tertiary/aromatic N) is 3. The summed E-state index contributed by atoms with van der Waals surface area (Å²) in [6, 6.07) is 7.61. The number of primary amides is 1. The molecule has 124 valence electrons. The Morgan fingerprint density at radius 1 is 1.32 bits per heavy atom. The molecular weight excluding hydrogens is 318 g/mol. The number of nitrogens with two attached hydrogens (primary N) is 1. The van der Waals surface area contributed by atoms with Crippen molar-refractivity contribution in [2.24, 2.45) is 5.73 Å². The summed E-state index contributed by atoms with van der Waals surface area (Å²) in [6.07, 6.45) is 8.48. The van der Waals surface area contributed by atoms with Gasteiger partial charge in [0.1, 0.15) is 12.3 Å². The average molecular weight is 333 g/mol. The Bertz CT molecular complexity index is 967. The monoisotopic (exact) mass is 333 g/mol. The van der Waals surface area contributed by atoms with E-state index in [2.05, 4.69) is 15.0 Å². The minimum atomic E-state index is -0.505. The normalized spacial score (nSPS) is 10.8. The van der Waals surface area contributed by atoms with Gasteiger partial charge >= 0.3 is 0 Å². The van der Waals surface area contributed by atoms with Gasteiger partial charge < -0.3 is 15.5 Å². The van der Waals surface area contributed by atoms with Gasteiger partial charge in [0.15, 0.2) is 0 Å². The van der Waals surface area contributed by atoms with Crippen LogP contribution in [-0.2, 0) is 4.79 Å². The van der Waals surface area contributed by atoms with E-state index < -0.39 is 5.91 Å². The van der Waals surface area contributed by atoms with Crippen molar-refractivity contribution in [3.8, 4) is 23.1 Å². The molecule has 0 bridgehead atoms. The molecule has 0 aliphatic heterocycles. The van der Waals surface area contributed by atoms with Crippen LogP contribution in [0.25, 0.3) is 28.2 Å². The van der Waals surface area contributed by atoms with E-state index >= 15 is 0 Å². The summed E-state index contributed by atoms with van der Waals surface area (Å²) in [4.78, 5) is 22.6. The van der Waals surface area contributed by atoms with Gasteiger partial charge in [-0.15, -0.1) is 0 Å². The van der Waals surface area contributed by atoms with Crippen LogP contribution < -0.4 is 10.5 Å². The minimum absolute atomic E-state index is 0.315. The number of carbonyl (C=O) groups is 1. The fourth-order valence-electron chi connectivity index (χ4n) is 2.33. The minimum Gasteiger partial charge on any atom is -0.477 e. The molecule has 0 unspecified atom stereocenters. The van der Waals surface area contributed by atoms with Crippen molar-refractivity contribution in [1.82, 2.24) is 15.0 Å². The number of rotatable bonds is 6. The molecule has 7 heteroatoms. The number of amides is 1. The second-order valence-corrected chi connectivity index (χ2v) is 5.24. The van der Waals surface area contributed by atoms with Crippen LogP contribution in [0.3, 0.4) is 0 Å². The molecule has 0 saturated carbocycles. The van der Waals surface area contributed by atoms with Gasteiger partial charge in [-0.05, 0) is 18.2 Å². The maximum atomic E-state index is 10.9. The summed E-state index contributed by atoms with van der Waals surface area (Å²) in [5.74, 6) is -0.0330. The van der Waals surface area contributed by atoms with E-state index in [1.165, 1.54) is 6.08 Å². The SMILES string of the molecule is N#CCCOc1ccc(-c2cnc3[nH]cc(/C=C/C(N)=O)c3c2)cn1. The van der Waals surface area contributed by atoms with Gasteiger partial charge in [0.25, 0.3) is 0 Å². The highest BCUT2D eigenvalue weighted by atomic mass is 16.5. The number of hydrogen-bond acceptors (Lipinski definition) is 5. The first-order valence-corrected chi connectivity index (χ1v) is 7.58. The standard InChI is InChI=1S/C18H15N5O2/c19-6-1-7-25-17-5-3-12(9-21-17)14-8-15-13(2-4-16(20)24)10-22-18(15)23-11-14/h2-5,8-11H,1,7H2,(H2,20,24)(H,22,23)/b4-2+. The first-order valence-electron chi connectivity index (χ1n) is 7.58. The third-order valence-corrected chi connectivity index (χ3v) is 3.52. The second kappa shape index (κ2) is 7.27. The lowest BCUT2D eigenvalue weighted by atomic mass is 10.1. The topological polar surface area (TPSA) is 118 Å². The number of carbonyl (C=O) groups excluding carboxylic acids is 1. The fourth-order valence-corrected chi connectivity index (χ4v) is 2.33. The highest BCUT2D eigenvalue weighted by Gasteiger charge is 2.06. The van der Waals surface area contributed by atoms with Crippen molar-refractivity contribution in [1.29, 1.82) is 5.26 Å². The zero-order chi connectivity index (χ0) is 17.6. The summed E-state index contributed by atoms with van der Waals surface area (Å²) in [5, 5.41) is 9.39. The Labute approximate surface area is 143 Å². The maximum Gasteiger partial charge on any atom is 0.241 e. The number of aromatic nitrogens is 3. The van der Waals surface area contributed by atoms with E-state index in [0.717, 1.165) is 27.7 Å². The van der Waals surface area contributed by atoms with Crippen molar-refractivity contribution in [2.75, 3.05) is 6.61 Å². The van der Waals surface area contributed by atoms with E-state index in [4.69, 9.17) is 15.7 Å². The summed E-state index contributed by atoms with van der Waals surface area (Å²) >= 11 is 0. The molecule has 0 atom stereocenters. The Morgan fingerprint density at radius 2 is 2.16 bits per heavy atom. The third kappa shape index (κ3) is 3.82. The van der Waals surface area contributed by atoms with Crippen LogP contribution in [0.1, 0.15) is 12.0 Å². The Balaban J connectivity index is 1.87. The molecule has 25 heavy (non-hydrogen) atoms. The van der Waals surface area contributed by atoms with E-state index in [-0.39, 0.29) is 0 Å². The molecule has 0 spiro atoms. The molecule has 3 aromatic rings. The molecule has 0 fully saturated rings. The van der Waals surface area contributed by atoms with Gasteiger partial charge in [0.2, 0.25) is 11.8 Å². The number of nitrogens with one attached hydrogen (secondary N) is 1. The Kier molecular flexibility index (Phi) is 4.72. The lowest BCUT2D eigenvalue weighted by molar-refractivity contribution is -0.113. The molecule has 3 aromatic heterocycles. The molecule has 0 saturated heterocycles. The Hall–Kier alpha value is -3.66. The molecule has 7 nitrogen and oxygen atoms in total. The number of H-pyrrole nitrogens is 1. The highest BCUT2D eigenvalue weighted by Crippen LogP contribution is 2.25. The summed E-state index contributed by atoms with van der Waals surface area (Å²) < 4.78 is 5.36. The van der Waals surface area contributed by atoms with E-state index in [0.29, 0.717) is 18.9 Å². The van der Waals surface area contributed by atoms with E-state index in [1.54, 1.807) is 30.7 Å². The summed E-state index contributed by atoms with van der Waals surface area (Å²) in [5.41, 5.74) is 8.46. The van der Waals surface area contributed by atoms with Crippen molar-refractivity contribution in [3.05, 3.63) is 48.4 Å². The lowest BCUT2D eigenvalue weighted by Gasteiger charge is -2.05. The molecular formula is C18H15N5O2. The van der Waals surface area contributed by atoms with Crippen LogP contribution in [0.15, 0.2) is 42.9 Å². The molecule has 3 heterocycles. The number of ether oxygens (including phenoxy) is 1. The first-order chi connectivity index (χ1) is 12.2. The lowest BCUT2D eigenvalue weighted by Crippen LogP contribution is -2.04. The van der Waals surface area contributed by atoms with E-state index in [1.807, 2.05) is 18.2 Å². The number of fused-ring (bicyclic) bond motifs is 1. The van der Waals surface area contributed by atoms with Gasteiger partial charge in [-0.3, -0.25) is 4.79 Å². The third-order valence-electron chi connectivity index (χ3n) is 3.52. The number of hydrogen-bond donors (Lipinski definition) is 2. The van der Waals surface area contributed by atoms with Crippen molar-refractivity contribution in [2.45, 2.75) is 6.42 Å². The molecule has 1 amide bonds. The quantitative estimate of drug-likeness (QED) is 0.530. The molecule has 0 radical (unpaired) electrons. The van der Waals surface area contributed by atoms with Crippen LogP contribution in [0.4, 0.5) is 0 Å². The van der Waals surface area contributed by atoms with Crippen molar-refractivity contribution in [3.63, 3.8) is 0 Å². The zero-order valence-electron chi connectivity index (χ0n) is 13.3. The summed E-state index contributed by atoms with van der Waals surface area (Å²) in [6.45, 7) is 0.315. The largest absolute Gasteiger partial charge is 0.477 e. The number of pyridine rings is 2. The van der Waals surface area contributed by atoms with Crippen molar-refractivity contribution >= 4 is 23.0 Å². The van der Waals surface area contributed by atoms with E-state index in [9.17, 15) is 4.79 Å². The van der Waals surface area contributed by atoms with Crippen LogP contribution >= 0.6 is 0 Å². The van der Waals surface area contributed by atoms with Gasteiger partial charge in [0, 0.05) is 52.8 Å². The molecule has 0 aromatic carbocycles. The zero-order valence-corrected chi connectivity index (χ0v) is 13.3. The van der Waals surface area contributed by atoms with Crippen LogP contribution in [-0.4, -0.2) is 27.5 Å². The van der Waals surface area contributed by atoms with Gasteiger partial charge in [-0.2, -0.15) is 5.26 Å². The molecule has 3 N–H and O–H groups in total. The predicted octanol–water partition coefficient (Wildman–Crippen LogP) is 2.42. The predicted molar refractivity (Wildman–Crippen MR) is 93.3 cm³/mol. The average Bonchev–Trinajstić information content (AvgIpc) is 3.03. The molecule has 0 aliphatic carbocycles. The van der Waals surface area contributed by atoms with Gasteiger partial charge in [-0.1, -0.05) is 0 Å². The highest BCUT2D eigenvalue weighted by molar-refractivity contribution is 5.95. The number of aromatic amines is 1. The number of nitriles is 1. The maximum absolute atomic E-state index is 10.9.